The number of nitrogens with zero attached hydrogens (tertiary/aromatic N) is 1. The van der Waals surface area contributed by atoms with E-state index in [1.807, 2.05) is 35.0 Å². The summed E-state index contributed by atoms with van der Waals surface area (Å²) in [6, 6.07) is 13.9. The summed E-state index contributed by atoms with van der Waals surface area (Å²) >= 11 is 0. The second-order valence-corrected chi connectivity index (χ2v) is 7.35. The topological polar surface area (TPSA) is 101 Å². The minimum Gasteiger partial charge on any atom is -0.496 e. The van der Waals surface area contributed by atoms with Crippen molar-refractivity contribution >= 4 is 34.3 Å². The summed E-state index contributed by atoms with van der Waals surface area (Å²) in [7, 11) is 1.64. The minimum atomic E-state index is -0.758. The molecule has 0 unspecified atom stereocenters. The maximum absolute atomic E-state index is 12.4. The molecule has 1 aliphatic rings. The molecular weight excluding hydrogens is 396 g/mol. The molecule has 0 saturated heterocycles. The molecule has 2 heterocycles. The average molecular weight is 420 g/mol. The van der Waals surface area contributed by atoms with Crippen LogP contribution in [0.5, 0.6) is 5.75 Å². The number of anilines is 1. The molecule has 3 aromatic rings. The fourth-order valence-electron chi connectivity index (χ4n) is 3.76. The summed E-state index contributed by atoms with van der Waals surface area (Å²) in [4.78, 5) is 37.0. The van der Waals surface area contributed by atoms with Crippen LogP contribution in [0.25, 0.3) is 10.9 Å². The predicted octanol–water partition coefficient (Wildman–Crippen LogP) is 2.30. The number of rotatable bonds is 7. The van der Waals surface area contributed by atoms with Gasteiger partial charge in [-0.05, 0) is 36.8 Å². The normalized spacial score (nSPS) is 15.6. The molecule has 160 valence electrons. The number of carbonyl (C=O) groups is 3. The Bertz CT molecular complexity index is 1140. The SMILES string of the molecule is COc1cccc2c1ccn2CCNC(=O)CC[C@@H]1NC(=O)c2ccccc2NC1=O. The fourth-order valence-corrected chi connectivity index (χ4v) is 3.76. The highest BCUT2D eigenvalue weighted by atomic mass is 16.5. The van der Waals surface area contributed by atoms with Crippen molar-refractivity contribution in [1.82, 2.24) is 15.2 Å². The second kappa shape index (κ2) is 8.91. The van der Waals surface area contributed by atoms with Crippen LogP contribution in [0, 0.1) is 0 Å². The quantitative estimate of drug-likeness (QED) is 0.546. The van der Waals surface area contributed by atoms with Crippen LogP contribution in [-0.4, -0.2) is 42.0 Å². The molecular formula is C23H24N4O4. The van der Waals surface area contributed by atoms with Gasteiger partial charge in [0.25, 0.3) is 5.91 Å². The van der Waals surface area contributed by atoms with Gasteiger partial charge in [-0.2, -0.15) is 0 Å². The highest BCUT2D eigenvalue weighted by Crippen LogP contribution is 2.26. The third-order valence-electron chi connectivity index (χ3n) is 5.38. The van der Waals surface area contributed by atoms with Crippen molar-refractivity contribution in [1.29, 1.82) is 0 Å². The molecule has 4 rings (SSSR count). The number of para-hydroxylation sites is 1. The highest BCUT2D eigenvalue weighted by molar-refractivity contribution is 6.09. The molecule has 0 aliphatic carbocycles. The fraction of sp³-hybridized carbons (Fsp3) is 0.261. The summed E-state index contributed by atoms with van der Waals surface area (Å²) in [5, 5.41) is 9.35. The van der Waals surface area contributed by atoms with Crippen LogP contribution in [-0.2, 0) is 16.1 Å². The number of benzene rings is 2. The molecule has 3 amide bonds. The molecule has 0 spiro atoms. The Labute approximate surface area is 179 Å². The first-order valence-electron chi connectivity index (χ1n) is 10.2. The zero-order valence-electron chi connectivity index (χ0n) is 17.2. The summed E-state index contributed by atoms with van der Waals surface area (Å²) in [6.07, 6.45) is 2.32. The lowest BCUT2D eigenvalue weighted by Gasteiger charge is -2.14. The van der Waals surface area contributed by atoms with Crippen molar-refractivity contribution in [3.05, 3.63) is 60.3 Å². The summed E-state index contributed by atoms with van der Waals surface area (Å²) < 4.78 is 7.42. The molecule has 3 N–H and O–H groups in total. The van der Waals surface area contributed by atoms with Crippen molar-refractivity contribution in [2.24, 2.45) is 0 Å². The van der Waals surface area contributed by atoms with Crippen molar-refractivity contribution < 1.29 is 19.1 Å². The number of hydrogen-bond acceptors (Lipinski definition) is 4. The molecule has 0 radical (unpaired) electrons. The van der Waals surface area contributed by atoms with Crippen LogP contribution in [0.4, 0.5) is 5.69 Å². The Kier molecular flexibility index (Phi) is 5.88. The summed E-state index contributed by atoms with van der Waals surface area (Å²) in [5.41, 5.74) is 1.93. The van der Waals surface area contributed by atoms with Crippen LogP contribution >= 0.6 is 0 Å². The van der Waals surface area contributed by atoms with Gasteiger partial charge in [-0.15, -0.1) is 0 Å². The smallest absolute Gasteiger partial charge is 0.254 e. The lowest BCUT2D eigenvalue weighted by Crippen LogP contribution is -2.42. The lowest BCUT2D eigenvalue weighted by atomic mass is 10.1. The standard InChI is InChI=1S/C23H24N4O4/c1-31-20-8-4-7-19-16(20)11-13-27(19)14-12-24-21(28)10-9-18-23(30)25-17-6-3-2-5-15(17)22(29)26-18/h2-8,11,13,18H,9-10,12,14H2,1H3,(H,24,28)(H,25,30)(H,26,29)/t18-/m0/s1. The monoisotopic (exact) mass is 420 g/mol. The molecule has 1 aliphatic heterocycles. The Morgan fingerprint density at radius 3 is 2.81 bits per heavy atom. The van der Waals surface area contributed by atoms with Gasteiger partial charge in [-0.3, -0.25) is 14.4 Å². The van der Waals surface area contributed by atoms with E-state index in [0.29, 0.717) is 24.3 Å². The number of fused-ring (bicyclic) bond motifs is 2. The van der Waals surface area contributed by atoms with Gasteiger partial charge in [0.2, 0.25) is 11.8 Å². The van der Waals surface area contributed by atoms with E-state index in [9.17, 15) is 14.4 Å². The van der Waals surface area contributed by atoms with Gasteiger partial charge in [0.05, 0.1) is 23.9 Å². The number of carbonyl (C=O) groups excluding carboxylic acids is 3. The Hall–Kier alpha value is -3.81. The van der Waals surface area contributed by atoms with E-state index in [2.05, 4.69) is 16.0 Å². The molecule has 1 atom stereocenters. The number of methoxy groups -OCH3 is 1. The Balaban J connectivity index is 1.28. The van der Waals surface area contributed by atoms with Gasteiger partial charge < -0.3 is 25.3 Å². The van der Waals surface area contributed by atoms with Gasteiger partial charge in [-0.25, -0.2) is 0 Å². The molecule has 0 fully saturated rings. The maximum Gasteiger partial charge on any atom is 0.254 e. The number of nitrogens with one attached hydrogen (secondary N) is 3. The zero-order valence-corrected chi connectivity index (χ0v) is 17.2. The molecule has 0 bridgehead atoms. The third kappa shape index (κ3) is 4.37. The van der Waals surface area contributed by atoms with Crippen molar-refractivity contribution in [2.75, 3.05) is 19.0 Å². The van der Waals surface area contributed by atoms with Crippen molar-refractivity contribution in [2.45, 2.75) is 25.4 Å². The van der Waals surface area contributed by atoms with Gasteiger partial charge >= 0.3 is 0 Å². The second-order valence-electron chi connectivity index (χ2n) is 7.35. The molecule has 8 nitrogen and oxygen atoms in total. The van der Waals surface area contributed by atoms with Gasteiger partial charge in [0.1, 0.15) is 11.8 Å². The van der Waals surface area contributed by atoms with Crippen LogP contribution < -0.4 is 20.7 Å². The average Bonchev–Trinajstić information content (AvgIpc) is 3.14. The number of amides is 3. The van der Waals surface area contributed by atoms with E-state index in [-0.39, 0.29) is 30.6 Å². The minimum absolute atomic E-state index is 0.134. The van der Waals surface area contributed by atoms with E-state index >= 15 is 0 Å². The van der Waals surface area contributed by atoms with E-state index in [0.717, 1.165) is 16.7 Å². The van der Waals surface area contributed by atoms with E-state index in [1.54, 1.807) is 31.4 Å². The molecule has 8 heteroatoms. The van der Waals surface area contributed by atoms with Crippen LogP contribution in [0.3, 0.4) is 0 Å². The van der Waals surface area contributed by atoms with E-state index in [1.165, 1.54) is 0 Å². The molecule has 0 saturated carbocycles. The van der Waals surface area contributed by atoms with Crippen molar-refractivity contribution in [3.63, 3.8) is 0 Å². The van der Waals surface area contributed by atoms with E-state index < -0.39 is 6.04 Å². The van der Waals surface area contributed by atoms with Crippen molar-refractivity contribution in [3.8, 4) is 5.75 Å². The molecule has 31 heavy (non-hydrogen) atoms. The van der Waals surface area contributed by atoms with Crippen LogP contribution in [0.1, 0.15) is 23.2 Å². The van der Waals surface area contributed by atoms with Gasteiger partial charge in [-0.1, -0.05) is 18.2 Å². The van der Waals surface area contributed by atoms with Crippen LogP contribution in [0.15, 0.2) is 54.7 Å². The predicted molar refractivity (Wildman–Crippen MR) is 117 cm³/mol. The molecule has 1 aromatic heterocycles. The summed E-state index contributed by atoms with van der Waals surface area (Å²) in [5.74, 6) is -0.00265. The molecule has 2 aromatic carbocycles. The first kappa shape index (κ1) is 20.5. The largest absolute Gasteiger partial charge is 0.496 e. The maximum atomic E-state index is 12.4. The van der Waals surface area contributed by atoms with Gasteiger partial charge in [0, 0.05) is 31.1 Å². The van der Waals surface area contributed by atoms with Gasteiger partial charge in [0.15, 0.2) is 0 Å². The summed E-state index contributed by atoms with van der Waals surface area (Å²) in [6.45, 7) is 1.06. The first-order chi connectivity index (χ1) is 15.1. The number of ether oxygens (including phenoxy) is 1. The van der Waals surface area contributed by atoms with Crippen LogP contribution in [0.2, 0.25) is 0 Å². The zero-order chi connectivity index (χ0) is 21.8. The number of hydrogen-bond donors (Lipinski definition) is 3. The third-order valence-corrected chi connectivity index (χ3v) is 5.38. The Morgan fingerprint density at radius 1 is 1.13 bits per heavy atom. The lowest BCUT2D eigenvalue weighted by molar-refractivity contribution is -0.121. The Morgan fingerprint density at radius 2 is 1.97 bits per heavy atom. The van der Waals surface area contributed by atoms with E-state index in [4.69, 9.17) is 4.74 Å². The first-order valence-corrected chi connectivity index (χ1v) is 10.2. The number of aromatic nitrogens is 1. The highest BCUT2D eigenvalue weighted by Gasteiger charge is 2.27.